The fourth-order valence-corrected chi connectivity index (χ4v) is 2.21. The minimum Gasteiger partial charge on any atom is -0.760 e. The van der Waals surface area contributed by atoms with Crippen molar-refractivity contribution in [3.63, 3.8) is 0 Å². The molecule has 0 amide bonds. The van der Waals surface area contributed by atoms with Crippen LogP contribution in [0.5, 0.6) is 0 Å². The lowest BCUT2D eigenvalue weighted by Gasteiger charge is -2.33. The van der Waals surface area contributed by atoms with Crippen molar-refractivity contribution >= 4 is 17.2 Å². The van der Waals surface area contributed by atoms with Gasteiger partial charge in [0.05, 0.1) is 17.9 Å². The Balaban J connectivity index is 2.37. The maximum absolute atomic E-state index is 10.9. The molecule has 0 saturated carbocycles. The van der Waals surface area contributed by atoms with E-state index in [-0.39, 0.29) is 13.0 Å². The van der Waals surface area contributed by atoms with Crippen LogP contribution in [0.2, 0.25) is 0 Å². The van der Waals surface area contributed by atoms with E-state index in [1.165, 1.54) is 12.4 Å². The van der Waals surface area contributed by atoms with E-state index in [0.717, 1.165) is 4.31 Å². The molecule has 0 aromatic carbocycles. The van der Waals surface area contributed by atoms with Crippen LogP contribution in [0.3, 0.4) is 0 Å². The summed E-state index contributed by atoms with van der Waals surface area (Å²) in [5.41, 5.74) is 1.04. The number of carboxylic acid groups (broad SMARTS) is 1. The number of hydrogen-bond donors (Lipinski definition) is 1. The molecule has 2 atom stereocenters. The van der Waals surface area contributed by atoms with Crippen LogP contribution in [0.4, 0.5) is 0 Å². The molecule has 2 rings (SSSR count). The summed E-state index contributed by atoms with van der Waals surface area (Å²) in [7, 11) is 0. The fraction of sp³-hybridized carbons (Fsp3) is 0.375. The highest BCUT2D eigenvalue weighted by molar-refractivity contribution is 7.76. The van der Waals surface area contributed by atoms with Crippen LogP contribution in [0, 0.1) is 0 Å². The van der Waals surface area contributed by atoms with Crippen LogP contribution in [0.25, 0.3) is 0 Å². The van der Waals surface area contributed by atoms with E-state index in [2.05, 4.69) is 9.97 Å². The Morgan fingerprint density at radius 1 is 1.50 bits per heavy atom. The van der Waals surface area contributed by atoms with Gasteiger partial charge in [-0.3, -0.25) is 19.0 Å². The molecule has 1 aliphatic rings. The molecule has 0 saturated heterocycles. The smallest absolute Gasteiger partial charge is 0.322 e. The first-order chi connectivity index (χ1) is 7.59. The normalized spacial score (nSPS) is 22.4. The first kappa shape index (κ1) is 11.1. The zero-order valence-corrected chi connectivity index (χ0v) is 8.88. The van der Waals surface area contributed by atoms with Gasteiger partial charge in [-0.2, -0.15) is 0 Å². The predicted molar refractivity (Wildman–Crippen MR) is 51.6 cm³/mol. The van der Waals surface area contributed by atoms with Crippen molar-refractivity contribution < 1.29 is 18.7 Å². The molecule has 0 radical (unpaired) electrons. The Hall–Kier alpha value is -1.38. The summed E-state index contributed by atoms with van der Waals surface area (Å²) in [6, 6.07) is -1.09. The molecule has 16 heavy (non-hydrogen) atoms. The third-order valence-electron chi connectivity index (χ3n) is 2.38. The summed E-state index contributed by atoms with van der Waals surface area (Å²) < 4.78 is 22.6. The molecule has 86 valence electrons. The van der Waals surface area contributed by atoms with Crippen molar-refractivity contribution in [1.82, 2.24) is 14.3 Å². The number of aromatic nitrogens is 2. The van der Waals surface area contributed by atoms with Gasteiger partial charge in [0.25, 0.3) is 0 Å². The van der Waals surface area contributed by atoms with Crippen molar-refractivity contribution in [2.24, 2.45) is 0 Å². The third-order valence-corrected chi connectivity index (χ3v) is 3.14. The van der Waals surface area contributed by atoms with E-state index in [0.29, 0.717) is 11.4 Å². The van der Waals surface area contributed by atoms with Gasteiger partial charge < -0.3 is 9.66 Å². The monoisotopic (exact) mass is 242 g/mol. The minimum atomic E-state index is -2.58. The lowest BCUT2D eigenvalue weighted by Crippen LogP contribution is -2.46. The van der Waals surface area contributed by atoms with Crippen molar-refractivity contribution in [3.8, 4) is 0 Å². The highest BCUT2D eigenvalue weighted by atomic mass is 32.2. The zero-order chi connectivity index (χ0) is 11.7. The summed E-state index contributed by atoms with van der Waals surface area (Å²) in [5.74, 6) is -1.18. The average molecular weight is 242 g/mol. The topological polar surface area (TPSA) is 106 Å². The first-order valence-electron chi connectivity index (χ1n) is 4.47. The summed E-state index contributed by atoms with van der Waals surface area (Å²) in [6.45, 7) is -0.0454. The molecule has 1 aromatic rings. The van der Waals surface area contributed by atoms with E-state index in [9.17, 15) is 13.6 Å². The maximum atomic E-state index is 10.9. The standard InChI is InChI=1S/C8H9N3O4S/c12-8(13)7-3-5-6(10-2-1-9-5)4-11(7)16(14)15/h1-2,7H,3-4H2,(H,12,13)(H,14,15)/p-1. The van der Waals surface area contributed by atoms with E-state index in [1.807, 2.05) is 0 Å². The number of nitrogens with zero attached hydrogens (tertiary/aromatic N) is 3. The van der Waals surface area contributed by atoms with Crippen LogP contribution in [0.1, 0.15) is 11.4 Å². The van der Waals surface area contributed by atoms with Gasteiger partial charge in [0.15, 0.2) is 0 Å². The van der Waals surface area contributed by atoms with Crippen LogP contribution in [-0.4, -0.2) is 40.2 Å². The molecule has 8 heteroatoms. The highest BCUT2D eigenvalue weighted by Crippen LogP contribution is 2.20. The van der Waals surface area contributed by atoms with Crippen LogP contribution < -0.4 is 0 Å². The largest absolute Gasteiger partial charge is 0.760 e. The fourth-order valence-electron chi connectivity index (χ4n) is 1.61. The highest BCUT2D eigenvalue weighted by Gasteiger charge is 2.33. The molecule has 2 unspecified atom stereocenters. The predicted octanol–water partition coefficient (Wildman–Crippen LogP) is -0.918. The van der Waals surface area contributed by atoms with Gasteiger partial charge in [-0.05, 0) is 0 Å². The molecular weight excluding hydrogens is 234 g/mol. The van der Waals surface area contributed by atoms with E-state index in [1.54, 1.807) is 0 Å². The van der Waals surface area contributed by atoms with Gasteiger partial charge >= 0.3 is 5.97 Å². The molecule has 1 N–H and O–H groups in total. The SMILES string of the molecule is O=C(O)C1Cc2nccnc2CN1S(=O)[O-]. The van der Waals surface area contributed by atoms with E-state index >= 15 is 0 Å². The van der Waals surface area contributed by atoms with Gasteiger partial charge in [-0.15, -0.1) is 0 Å². The van der Waals surface area contributed by atoms with Crippen molar-refractivity contribution in [2.45, 2.75) is 19.0 Å². The third kappa shape index (κ3) is 1.94. The molecule has 0 aliphatic carbocycles. The Morgan fingerprint density at radius 3 is 2.69 bits per heavy atom. The molecule has 1 aromatic heterocycles. The van der Waals surface area contributed by atoms with Crippen LogP contribution in [0.15, 0.2) is 12.4 Å². The summed E-state index contributed by atoms with van der Waals surface area (Å²) in [5, 5.41) is 8.92. The van der Waals surface area contributed by atoms with Gasteiger partial charge in [0, 0.05) is 30.1 Å². The lowest BCUT2D eigenvalue weighted by molar-refractivity contribution is -0.141. The first-order valence-corrected chi connectivity index (χ1v) is 5.50. The summed E-state index contributed by atoms with van der Waals surface area (Å²) in [6.07, 6.45) is 2.96. The average Bonchev–Trinajstić information content (AvgIpc) is 2.27. The van der Waals surface area contributed by atoms with Gasteiger partial charge in [0.1, 0.15) is 6.04 Å². The molecule has 0 fully saturated rings. The van der Waals surface area contributed by atoms with Gasteiger partial charge in [-0.25, -0.2) is 4.31 Å². The lowest BCUT2D eigenvalue weighted by atomic mass is 10.1. The van der Waals surface area contributed by atoms with Gasteiger partial charge in [0.2, 0.25) is 0 Å². The maximum Gasteiger partial charge on any atom is 0.322 e. The minimum absolute atomic E-state index is 0.0454. The second-order valence-corrected chi connectivity index (χ2v) is 4.20. The van der Waals surface area contributed by atoms with Crippen molar-refractivity contribution in [2.75, 3.05) is 0 Å². The molecule has 0 spiro atoms. The molecule has 2 heterocycles. The zero-order valence-electron chi connectivity index (χ0n) is 8.07. The number of hydrogen-bond acceptors (Lipinski definition) is 5. The quantitative estimate of drug-likeness (QED) is 0.672. The Kier molecular flexibility index (Phi) is 2.95. The number of carbonyl (C=O) groups is 1. The Bertz CT molecular complexity index is 412. The van der Waals surface area contributed by atoms with Crippen molar-refractivity contribution in [3.05, 3.63) is 23.8 Å². The van der Waals surface area contributed by atoms with Crippen LogP contribution in [-0.2, 0) is 29.0 Å². The number of aliphatic carboxylic acids is 1. The number of rotatable bonds is 2. The second-order valence-electron chi connectivity index (χ2n) is 3.30. The molecule has 0 bridgehead atoms. The number of fused-ring (bicyclic) bond motifs is 1. The Labute approximate surface area is 93.6 Å². The summed E-state index contributed by atoms with van der Waals surface area (Å²) >= 11 is -2.58. The van der Waals surface area contributed by atoms with Crippen molar-refractivity contribution in [1.29, 1.82) is 0 Å². The van der Waals surface area contributed by atoms with E-state index < -0.39 is 23.3 Å². The van der Waals surface area contributed by atoms with E-state index in [4.69, 9.17) is 5.11 Å². The number of carboxylic acids is 1. The molecular formula is C8H8N3O4S-. The second kappa shape index (κ2) is 4.24. The van der Waals surface area contributed by atoms with Crippen LogP contribution >= 0.6 is 0 Å². The molecule has 1 aliphatic heterocycles. The molecule has 7 nitrogen and oxygen atoms in total. The summed E-state index contributed by atoms with van der Waals surface area (Å²) in [4.78, 5) is 18.9. The van der Waals surface area contributed by atoms with Gasteiger partial charge in [-0.1, -0.05) is 0 Å². The Morgan fingerprint density at radius 2 is 2.12 bits per heavy atom.